The molecule has 2 aromatic carbocycles. The van der Waals surface area contributed by atoms with Crippen LogP contribution in [-0.4, -0.2) is 46.7 Å². The molecule has 1 atom stereocenters. The third-order valence-electron chi connectivity index (χ3n) is 5.66. The van der Waals surface area contributed by atoms with E-state index in [1.165, 1.54) is 7.11 Å². The standard InChI is InChI=1S/C24H27N5O3/c1-32-21-16-29(20-7-3-2-4-8-20)27-22(21)24(31)26-19-11-9-17(10-12-19)14-28-13-5-6-18(15-28)23(25)30/h2-4,7-12,16,18H,5-6,13-15H2,1H3,(H2,25,30)(H,26,31). The molecule has 1 aromatic heterocycles. The molecule has 2 amide bonds. The maximum Gasteiger partial charge on any atom is 0.280 e. The van der Waals surface area contributed by atoms with Crippen molar-refractivity contribution in [2.45, 2.75) is 19.4 Å². The topological polar surface area (TPSA) is 102 Å². The van der Waals surface area contributed by atoms with E-state index in [1.54, 1.807) is 10.9 Å². The van der Waals surface area contributed by atoms with Gasteiger partial charge in [0.05, 0.1) is 24.9 Å². The number of aromatic nitrogens is 2. The third kappa shape index (κ3) is 4.97. The molecule has 0 aliphatic carbocycles. The zero-order valence-electron chi connectivity index (χ0n) is 18.0. The van der Waals surface area contributed by atoms with Crippen LogP contribution in [0.15, 0.2) is 60.8 Å². The molecule has 1 aliphatic heterocycles. The minimum absolute atomic E-state index is 0.0759. The first-order valence-corrected chi connectivity index (χ1v) is 10.6. The van der Waals surface area contributed by atoms with Gasteiger partial charge in [-0.2, -0.15) is 5.10 Å². The molecule has 0 radical (unpaired) electrons. The first-order valence-electron chi connectivity index (χ1n) is 10.6. The number of amides is 2. The molecule has 4 rings (SSSR count). The zero-order valence-corrected chi connectivity index (χ0v) is 18.0. The van der Waals surface area contributed by atoms with Gasteiger partial charge in [0.15, 0.2) is 11.4 Å². The SMILES string of the molecule is COc1cn(-c2ccccc2)nc1C(=O)Nc1ccc(CN2CCCC(C(N)=O)C2)cc1. The Morgan fingerprint density at radius 2 is 1.91 bits per heavy atom. The highest BCUT2D eigenvalue weighted by molar-refractivity contribution is 6.04. The van der Waals surface area contributed by atoms with E-state index < -0.39 is 0 Å². The Morgan fingerprint density at radius 1 is 1.16 bits per heavy atom. The van der Waals surface area contributed by atoms with E-state index in [4.69, 9.17) is 10.5 Å². The number of carbonyl (C=O) groups is 2. The highest BCUT2D eigenvalue weighted by atomic mass is 16.5. The van der Waals surface area contributed by atoms with Crippen LogP contribution >= 0.6 is 0 Å². The van der Waals surface area contributed by atoms with Crippen molar-refractivity contribution in [2.75, 3.05) is 25.5 Å². The van der Waals surface area contributed by atoms with Crippen molar-refractivity contribution in [3.05, 3.63) is 72.1 Å². The summed E-state index contributed by atoms with van der Waals surface area (Å²) in [5, 5.41) is 7.28. The number of likely N-dealkylation sites (tertiary alicyclic amines) is 1. The molecule has 1 fully saturated rings. The van der Waals surface area contributed by atoms with Crippen LogP contribution in [0.25, 0.3) is 5.69 Å². The van der Waals surface area contributed by atoms with E-state index in [2.05, 4.69) is 15.3 Å². The van der Waals surface area contributed by atoms with Gasteiger partial charge in [-0.1, -0.05) is 30.3 Å². The number of benzene rings is 2. The molecule has 1 unspecified atom stereocenters. The molecule has 3 N–H and O–H groups in total. The number of hydrogen-bond donors (Lipinski definition) is 2. The number of piperidine rings is 1. The number of anilines is 1. The Morgan fingerprint density at radius 3 is 2.59 bits per heavy atom. The monoisotopic (exact) mass is 433 g/mol. The van der Waals surface area contributed by atoms with Gasteiger partial charge in [0.1, 0.15) is 0 Å². The smallest absolute Gasteiger partial charge is 0.280 e. The molecule has 0 bridgehead atoms. The van der Waals surface area contributed by atoms with Crippen molar-refractivity contribution in [1.82, 2.24) is 14.7 Å². The molecule has 1 aliphatic rings. The van der Waals surface area contributed by atoms with Crippen molar-refractivity contribution < 1.29 is 14.3 Å². The number of nitrogens with two attached hydrogens (primary N) is 1. The van der Waals surface area contributed by atoms with E-state index >= 15 is 0 Å². The van der Waals surface area contributed by atoms with Gasteiger partial charge in [-0.25, -0.2) is 4.68 Å². The first-order chi connectivity index (χ1) is 15.5. The highest BCUT2D eigenvalue weighted by Gasteiger charge is 2.24. The van der Waals surface area contributed by atoms with Crippen LogP contribution in [0.3, 0.4) is 0 Å². The largest absolute Gasteiger partial charge is 0.493 e. The van der Waals surface area contributed by atoms with Crippen molar-refractivity contribution in [1.29, 1.82) is 0 Å². The number of nitrogens with one attached hydrogen (secondary N) is 1. The van der Waals surface area contributed by atoms with Gasteiger partial charge in [-0.15, -0.1) is 0 Å². The second-order valence-corrected chi connectivity index (χ2v) is 7.95. The molecule has 8 heteroatoms. The average Bonchev–Trinajstić information content (AvgIpc) is 3.26. The fourth-order valence-electron chi connectivity index (χ4n) is 3.95. The van der Waals surface area contributed by atoms with E-state index in [9.17, 15) is 9.59 Å². The lowest BCUT2D eigenvalue weighted by atomic mass is 9.97. The molecular formula is C24H27N5O3. The number of para-hydroxylation sites is 1. The zero-order chi connectivity index (χ0) is 22.5. The molecular weight excluding hydrogens is 406 g/mol. The summed E-state index contributed by atoms with van der Waals surface area (Å²) < 4.78 is 6.97. The fourth-order valence-corrected chi connectivity index (χ4v) is 3.95. The number of rotatable bonds is 7. The van der Waals surface area contributed by atoms with Gasteiger partial charge in [0.2, 0.25) is 5.91 Å². The van der Waals surface area contributed by atoms with E-state index in [-0.39, 0.29) is 23.4 Å². The molecule has 32 heavy (non-hydrogen) atoms. The van der Waals surface area contributed by atoms with Crippen LogP contribution in [0, 0.1) is 5.92 Å². The van der Waals surface area contributed by atoms with Gasteiger partial charge < -0.3 is 15.8 Å². The minimum atomic E-state index is -0.343. The maximum absolute atomic E-state index is 12.8. The predicted molar refractivity (Wildman–Crippen MR) is 122 cm³/mol. The summed E-state index contributed by atoms with van der Waals surface area (Å²) in [4.78, 5) is 26.5. The Balaban J connectivity index is 1.41. The van der Waals surface area contributed by atoms with Gasteiger partial charge in [-0.05, 0) is 49.2 Å². The second-order valence-electron chi connectivity index (χ2n) is 7.95. The molecule has 0 saturated carbocycles. The van der Waals surface area contributed by atoms with E-state index in [0.717, 1.165) is 37.2 Å². The highest BCUT2D eigenvalue weighted by Crippen LogP contribution is 2.22. The van der Waals surface area contributed by atoms with Crippen molar-refractivity contribution >= 4 is 17.5 Å². The van der Waals surface area contributed by atoms with Crippen molar-refractivity contribution in [3.8, 4) is 11.4 Å². The summed E-state index contributed by atoms with van der Waals surface area (Å²) in [6.07, 6.45) is 3.52. The van der Waals surface area contributed by atoms with Crippen LogP contribution in [0.1, 0.15) is 28.9 Å². The van der Waals surface area contributed by atoms with Crippen molar-refractivity contribution in [2.24, 2.45) is 11.7 Å². The molecule has 1 saturated heterocycles. The van der Waals surface area contributed by atoms with Gasteiger partial charge in [0, 0.05) is 18.8 Å². The Labute approximate surface area is 187 Å². The first kappa shape index (κ1) is 21.6. The molecule has 8 nitrogen and oxygen atoms in total. The number of primary amides is 1. The quantitative estimate of drug-likeness (QED) is 0.597. The number of hydrogen-bond acceptors (Lipinski definition) is 5. The number of carbonyl (C=O) groups excluding carboxylic acids is 2. The Kier molecular flexibility index (Phi) is 6.51. The number of methoxy groups -OCH3 is 1. The van der Waals surface area contributed by atoms with Crippen LogP contribution in [0.4, 0.5) is 5.69 Å². The van der Waals surface area contributed by atoms with Crippen molar-refractivity contribution in [3.63, 3.8) is 0 Å². The summed E-state index contributed by atoms with van der Waals surface area (Å²) in [5.41, 5.74) is 8.30. The van der Waals surface area contributed by atoms with Gasteiger partial charge in [0.25, 0.3) is 5.91 Å². The van der Waals surface area contributed by atoms with E-state index in [0.29, 0.717) is 18.0 Å². The Bertz CT molecular complexity index is 1080. The van der Waals surface area contributed by atoms with Crippen LogP contribution in [0.2, 0.25) is 0 Å². The summed E-state index contributed by atoms with van der Waals surface area (Å²) in [5.74, 6) is -0.243. The fraction of sp³-hybridized carbons (Fsp3) is 0.292. The normalized spacial score (nSPS) is 16.5. The average molecular weight is 434 g/mol. The second kappa shape index (κ2) is 9.65. The molecule has 166 valence electrons. The maximum atomic E-state index is 12.8. The van der Waals surface area contributed by atoms with Crippen LogP contribution < -0.4 is 15.8 Å². The summed E-state index contributed by atoms with van der Waals surface area (Å²) in [7, 11) is 1.52. The lowest BCUT2D eigenvalue weighted by Crippen LogP contribution is -2.40. The molecule has 2 heterocycles. The summed E-state index contributed by atoms with van der Waals surface area (Å²) >= 11 is 0. The lowest BCUT2D eigenvalue weighted by Gasteiger charge is -2.31. The third-order valence-corrected chi connectivity index (χ3v) is 5.66. The molecule has 3 aromatic rings. The minimum Gasteiger partial charge on any atom is -0.493 e. The number of nitrogens with zero attached hydrogens (tertiary/aromatic N) is 3. The van der Waals surface area contributed by atoms with Gasteiger partial charge >= 0.3 is 0 Å². The lowest BCUT2D eigenvalue weighted by molar-refractivity contribution is -0.123. The van der Waals surface area contributed by atoms with E-state index in [1.807, 2.05) is 54.6 Å². The van der Waals surface area contributed by atoms with Crippen LogP contribution in [-0.2, 0) is 11.3 Å². The number of ether oxygens (including phenoxy) is 1. The van der Waals surface area contributed by atoms with Crippen LogP contribution in [0.5, 0.6) is 5.75 Å². The molecule has 0 spiro atoms. The summed E-state index contributed by atoms with van der Waals surface area (Å²) in [6.45, 7) is 2.39. The predicted octanol–water partition coefficient (Wildman–Crippen LogP) is 2.83. The van der Waals surface area contributed by atoms with Gasteiger partial charge in [-0.3, -0.25) is 14.5 Å². The summed E-state index contributed by atoms with van der Waals surface area (Å²) in [6, 6.07) is 17.2. The Hall–Kier alpha value is -3.65.